The molecular formula is C16H24N2O2. The van der Waals surface area contributed by atoms with Gasteiger partial charge in [-0.3, -0.25) is 0 Å². The van der Waals surface area contributed by atoms with Crippen molar-refractivity contribution in [3.8, 4) is 0 Å². The van der Waals surface area contributed by atoms with Crippen molar-refractivity contribution in [2.24, 2.45) is 5.73 Å². The van der Waals surface area contributed by atoms with Crippen molar-refractivity contribution in [2.75, 3.05) is 13.1 Å². The second-order valence-electron chi connectivity index (χ2n) is 6.49. The van der Waals surface area contributed by atoms with Gasteiger partial charge in [-0.2, -0.15) is 0 Å². The van der Waals surface area contributed by atoms with E-state index < -0.39 is 5.60 Å². The first-order valence-electron chi connectivity index (χ1n) is 7.13. The first kappa shape index (κ1) is 14.9. The van der Waals surface area contributed by atoms with Crippen LogP contribution in [0.25, 0.3) is 0 Å². The fourth-order valence-electron chi connectivity index (χ4n) is 2.58. The SMILES string of the molecule is CC(C)(C)OC(=O)N1C[C@@H](N)C[C@@H](c2ccccc2)C1. The molecule has 110 valence electrons. The third kappa shape index (κ3) is 3.97. The van der Waals surface area contributed by atoms with E-state index in [1.807, 2.05) is 39.0 Å². The molecule has 1 aromatic carbocycles. The number of ether oxygens (including phenoxy) is 1. The molecule has 0 aliphatic carbocycles. The number of hydrogen-bond acceptors (Lipinski definition) is 3. The molecule has 20 heavy (non-hydrogen) atoms. The highest BCUT2D eigenvalue weighted by atomic mass is 16.6. The lowest BCUT2D eigenvalue weighted by molar-refractivity contribution is 0.0181. The summed E-state index contributed by atoms with van der Waals surface area (Å²) in [6.07, 6.45) is 0.636. The fraction of sp³-hybridized carbons (Fsp3) is 0.562. The number of benzene rings is 1. The first-order chi connectivity index (χ1) is 9.35. The number of carbonyl (C=O) groups excluding carboxylic acids is 1. The van der Waals surface area contributed by atoms with Crippen LogP contribution < -0.4 is 5.73 Å². The molecule has 1 amide bonds. The van der Waals surface area contributed by atoms with Gasteiger partial charge in [-0.05, 0) is 32.8 Å². The van der Waals surface area contributed by atoms with Gasteiger partial charge >= 0.3 is 6.09 Å². The Hall–Kier alpha value is -1.55. The van der Waals surface area contributed by atoms with Gasteiger partial charge in [0.1, 0.15) is 5.60 Å². The number of hydrogen-bond donors (Lipinski definition) is 1. The lowest BCUT2D eigenvalue weighted by atomic mass is 9.88. The van der Waals surface area contributed by atoms with E-state index in [0.717, 1.165) is 6.42 Å². The van der Waals surface area contributed by atoms with Gasteiger partial charge in [0.25, 0.3) is 0 Å². The average Bonchev–Trinajstić information content (AvgIpc) is 2.37. The maximum atomic E-state index is 12.2. The van der Waals surface area contributed by atoms with E-state index in [-0.39, 0.29) is 18.1 Å². The van der Waals surface area contributed by atoms with Crippen molar-refractivity contribution in [2.45, 2.75) is 44.8 Å². The minimum Gasteiger partial charge on any atom is -0.444 e. The molecule has 1 aromatic rings. The molecule has 4 nitrogen and oxygen atoms in total. The van der Waals surface area contributed by atoms with Crippen molar-refractivity contribution in [1.82, 2.24) is 4.90 Å². The Kier molecular flexibility index (Phi) is 4.33. The number of nitrogens with two attached hydrogens (primary N) is 1. The number of rotatable bonds is 1. The molecule has 0 unspecified atom stereocenters. The van der Waals surface area contributed by atoms with Crippen molar-refractivity contribution in [1.29, 1.82) is 0 Å². The van der Waals surface area contributed by atoms with E-state index in [9.17, 15) is 4.79 Å². The third-order valence-corrected chi connectivity index (χ3v) is 3.41. The van der Waals surface area contributed by atoms with Crippen LogP contribution in [-0.2, 0) is 4.74 Å². The molecule has 0 radical (unpaired) electrons. The molecular weight excluding hydrogens is 252 g/mol. The molecule has 2 atom stereocenters. The van der Waals surface area contributed by atoms with Crippen LogP contribution in [0.15, 0.2) is 30.3 Å². The summed E-state index contributed by atoms with van der Waals surface area (Å²) in [6.45, 7) is 6.88. The van der Waals surface area contributed by atoms with E-state index >= 15 is 0 Å². The fourth-order valence-corrected chi connectivity index (χ4v) is 2.58. The summed E-state index contributed by atoms with van der Waals surface area (Å²) in [4.78, 5) is 13.9. The molecule has 0 saturated carbocycles. The van der Waals surface area contributed by atoms with Gasteiger partial charge in [0.2, 0.25) is 0 Å². The number of nitrogens with zero attached hydrogens (tertiary/aromatic N) is 1. The number of piperidine rings is 1. The van der Waals surface area contributed by atoms with Gasteiger partial charge in [0.05, 0.1) is 0 Å². The van der Waals surface area contributed by atoms with Crippen LogP contribution in [0.5, 0.6) is 0 Å². The Labute approximate surface area is 120 Å². The van der Waals surface area contributed by atoms with Crippen LogP contribution in [0.1, 0.15) is 38.7 Å². The predicted molar refractivity (Wildman–Crippen MR) is 79.6 cm³/mol. The smallest absolute Gasteiger partial charge is 0.410 e. The Morgan fingerprint density at radius 2 is 1.90 bits per heavy atom. The molecule has 0 aromatic heterocycles. The summed E-state index contributed by atoms with van der Waals surface area (Å²) < 4.78 is 5.44. The Morgan fingerprint density at radius 3 is 2.50 bits per heavy atom. The third-order valence-electron chi connectivity index (χ3n) is 3.41. The zero-order valence-corrected chi connectivity index (χ0v) is 12.5. The second kappa shape index (κ2) is 5.83. The molecule has 1 aliphatic heterocycles. The van der Waals surface area contributed by atoms with Crippen LogP contribution >= 0.6 is 0 Å². The van der Waals surface area contributed by atoms with Crippen molar-refractivity contribution in [3.05, 3.63) is 35.9 Å². The molecule has 1 saturated heterocycles. The van der Waals surface area contributed by atoms with Crippen LogP contribution in [-0.4, -0.2) is 35.7 Å². The second-order valence-corrected chi connectivity index (χ2v) is 6.49. The molecule has 2 N–H and O–H groups in total. The topological polar surface area (TPSA) is 55.6 Å². The van der Waals surface area contributed by atoms with E-state index in [4.69, 9.17) is 10.5 Å². The van der Waals surface area contributed by atoms with Crippen LogP contribution in [0, 0.1) is 0 Å². The number of amides is 1. The Bertz CT molecular complexity index is 453. The van der Waals surface area contributed by atoms with Crippen LogP contribution in [0.3, 0.4) is 0 Å². The van der Waals surface area contributed by atoms with Crippen LogP contribution in [0.4, 0.5) is 4.79 Å². The van der Waals surface area contributed by atoms with E-state index in [0.29, 0.717) is 13.1 Å². The Balaban J connectivity index is 2.07. The highest BCUT2D eigenvalue weighted by Gasteiger charge is 2.31. The highest BCUT2D eigenvalue weighted by molar-refractivity contribution is 5.68. The van der Waals surface area contributed by atoms with E-state index in [1.54, 1.807) is 4.90 Å². The van der Waals surface area contributed by atoms with Crippen LogP contribution in [0.2, 0.25) is 0 Å². The van der Waals surface area contributed by atoms with Gasteiger partial charge < -0.3 is 15.4 Å². The highest BCUT2D eigenvalue weighted by Crippen LogP contribution is 2.27. The van der Waals surface area contributed by atoms with E-state index in [2.05, 4.69) is 12.1 Å². The summed E-state index contributed by atoms with van der Waals surface area (Å²) in [5, 5.41) is 0. The summed E-state index contributed by atoms with van der Waals surface area (Å²) in [6, 6.07) is 10.2. The van der Waals surface area contributed by atoms with Gasteiger partial charge in [-0.1, -0.05) is 30.3 Å². The quantitative estimate of drug-likeness (QED) is 0.858. The number of likely N-dealkylation sites (tertiary alicyclic amines) is 1. The maximum Gasteiger partial charge on any atom is 0.410 e. The molecule has 1 heterocycles. The van der Waals surface area contributed by atoms with Gasteiger partial charge in [0, 0.05) is 25.0 Å². The lowest BCUT2D eigenvalue weighted by Crippen LogP contribution is -2.50. The minimum absolute atomic E-state index is 0.00137. The largest absolute Gasteiger partial charge is 0.444 e. The van der Waals surface area contributed by atoms with Crippen molar-refractivity contribution in [3.63, 3.8) is 0 Å². The average molecular weight is 276 g/mol. The standard InChI is InChI=1S/C16H24N2O2/c1-16(2,3)20-15(19)18-10-13(9-14(17)11-18)12-7-5-4-6-8-12/h4-8,13-14H,9-11,17H2,1-3H3/t13-,14+/m1/s1. The Morgan fingerprint density at radius 1 is 1.25 bits per heavy atom. The first-order valence-corrected chi connectivity index (χ1v) is 7.13. The number of carbonyl (C=O) groups is 1. The summed E-state index contributed by atoms with van der Waals surface area (Å²) >= 11 is 0. The monoisotopic (exact) mass is 276 g/mol. The summed E-state index contributed by atoms with van der Waals surface area (Å²) in [5.74, 6) is 0.285. The zero-order chi connectivity index (χ0) is 14.8. The summed E-state index contributed by atoms with van der Waals surface area (Å²) in [7, 11) is 0. The minimum atomic E-state index is -0.471. The molecule has 4 heteroatoms. The lowest BCUT2D eigenvalue weighted by Gasteiger charge is -2.37. The summed E-state index contributed by atoms with van der Waals surface area (Å²) in [5.41, 5.74) is 6.87. The predicted octanol–water partition coefficient (Wildman–Crippen LogP) is 2.74. The van der Waals surface area contributed by atoms with Crippen molar-refractivity contribution < 1.29 is 9.53 Å². The molecule has 0 spiro atoms. The maximum absolute atomic E-state index is 12.2. The van der Waals surface area contributed by atoms with Gasteiger partial charge in [-0.25, -0.2) is 4.79 Å². The molecule has 2 rings (SSSR count). The molecule has 0 bridgehead atoms. The normalized spacial score (nSPS) is 23.5. The van der Waals surface area contributed by atoms with E-state index in [1.165, 1.54) is 5.56 Å². The van der Waals surface area contributed by atoms with Gasteiger partial charge in [-0.15, -0.1) is 0 Å². The van der Waals surface area contributed by atoms with Crippen molar-refractivity contribution >= 4 is 6.09 Å². The molecule has 1 fully saturated rings. The molecule has 1 aliphatic rings. The van der Waals surface area contributed by atoms with Gasteiger partial charge in [0.15, 0.2) is 0 Å². The zero-order valence-electron chi connectivity index (χ0n) is 12.5.